The van der Waals surface area contributed by atoms with Gasteiger partial charge in [-0.05, 0) is 123 Å². The smallest absolute Gasteiger partial charge is 0.149 e. The predicted octanol–water partition coefficient (Wildman–Crippen LogP) is 15.0. The van der Waals surface area contributed by atoms with Crippen molar-refractivity contribution in [2.24, 2.45) is 0 Å². The first-order chi connectivity index (χ1) is 30.0. The standard InChI is InChI=1S/C56H57N3O/c1-35-20-22-38(23-21-35)39-24-25-57-49(32-39)42-28-41(29-43(30-42)54(3,4)5)46-18-15-19-50-51(46)58-53(47-33-44(55(6,7)8)34-48(52(47)60)56(9,10)11)59(50)45-27-36(2)26-40(31-45)37-16-13-12-14-17-37/h12-34,60H,1-11H3/i20D,21D,22D,23D. The summed E-state index contributed by atoms with van der Waals surface area (Å²) in [6.07, 6.45) is 1.67. The van der Waals surface area contributed by atoms with Crippen LogP contribution in [0.15, 0.2) is 140 Å². The van der Waals surface area contributed by atoms with Crippen LogP contribution < -0.4 is 0 Å². The Morgan fingerprint density at radius 2 is 1.22 bits per heavy atom. The van der Waals surface area contributed by atoms with Crippen LogP contribution in [0.25, 0.3) is 72.7 Å². The highest BCUT2D eigenvalue weighted by Crippen LogP contribution is 2.45. The van der Waals surface area contributed by atoms with Crippen molar-refractivity contribution in [3.8, 4) is 67.5 Å². The summed E-state index contributed by atoms with van der Waals surface area (Å²) < 4.78 is 36.8. The summed E-state index contributed by atoms with van der Waals surface area (Å²) in [6.45, 7) is 23.3. The summed E-state index contributed by atoms with van der Waals surface area (Å²) >= 11 is 0. The molecule has 0 unspecified atom stereocenters. The minimum Gasteiger partial charge on any atom is -0.507 e. The Balaban J connectivity index is 1.42. The molecule has 0 atom stereocenters. The molecule has 0 fully saturated rings. The van der Waals surface area contributed by atoms with E-state index in [1.165, 1.54) is 0 Å². The highest BCUT2D eigenvalue weighted by atomic mass is 16.3. The Hall–Kier alpha value is -6.26. The van der Waals surface area contributed by atoms with Gasteiger partial charge in [-0.15, -0.1) is 0 Å². The van der Waals surface area contributed by atoms with Gasteiger partial charge >= 0.3 is 0 Å². The second kappa shape index (κ2) is 15.1. The second-order valence-corrected chi connectivity index (χ2v) is 19.3. The quantitative estimate of drug-likeness (QED) is 0.182. The lowest BCUT2D eigenvalue weighted by atomic mass is 9.79. The van der Waals surface area contributed by atoms with E-state index in [4.69, 9.17) is 15.5 Å². The van der Waals surface area contributed by atoms with Crippen LogP contribution in [0.5, 0.6) is 5.75 Å². The summed E-state index contributed by atoms with van der Waals surface area (Å²) in [6, 6.07) is 37.4. The fourth-order valence-electron chi connectivity index (χ4n) is 7.90. The normalized spacial score (nSPS) is 13.2. The van der Waals surface area contributed by atoms with Crippen LogP contribution in [0.1, 0.15) is 95.6 Å². The van der Waals surface area contributed by atoms with Gasteiger partial charge < -0.3 is 5.11 Å². The van der Waals surface area contributed by atoms with Crippen molar-refractivity contribution >= 4 is 11.0 Å². The Morgan fingerprint density at radius 3 is 1.90 bits per heavy atom. The lowest BCUT2D eigenvalue weighted by Crippen LogP contribution is -2.17. The Labute approximate surface area is 362 Å². The second-order valence-electron chi connectivity index (χ2n) is 19.3. The molecule has 0 saturated heterocycles. The minimum atomic E-state index is -0.349. The summed E-state index contributed by atoms with van der Waals surface area (Å²) in [5.74, 6) is 0.855. The maximum absolute atomic E-state index is 12.4. The number of aromatic hydroxyl groups is 1. The van der Waals surface area contributed by atoms with Crippen molar-refractivity contribution in [3.63, 3.8) is 0 Å². The molecule has 60 heavy (non-hydrogen) atoms. The number of rotatable bonds is 6. The van der Waals surface area contributed by atoms with E-state index in [-0.39, 0.29) is 51.7 Å². The van der Waals surface area contributed by atoms with Gasteiger partial charge in [-0.2, -0.15) is 0 Å². The molecule has 0 aliphatic rings. The number of benzene rings is 6. The molecule has 0 aliphatic carbocycles. The first-order valence-corrected chi connectivity index (χ1v) is 20.8. The van der Waals surface area contributed by atoms with Crippen LogP contribution in [-0.2, 0) is 16.2 Å². The van der Waals surface area contributed by atoms with E-state index in [1.807, 2.05) is 12.1 Å². The fourth-order valence-corrected chi connectivity index (χ4v) is 7.90. The van der Waals surface area contributed by atoms with Gasteiger partial charge in [0.05, 0.1) is 27.8 Å². The van der Waals surface area contributed by atoms with E-state index >= 15 is 0 Å². The highest BCUT2D eigenvalue weighted by Gasteiger charge is 2.29. The van der Waals surface area contributed by atoms with Crippen molar-refractivity contribution < 1.29 is 10.6 Å². The zero-order valence-electron chi connectivity index (χ0n) is 40.8. The van der Waals surface area contributed by atoms with Crippen LogP contribution >= 0.6 is 0 Å². The molecule has 1 N–H and O–H groups in total. The maximum Gasteiger partial charge on any atom is 0.149 e. The lowest BCUT2D eigenvalue weighted by molar-refractivity contribution is 0.446. The molecule has 2 heterocycles. The van der Waals surface area contributed by atoms with Gasteiger partial charge in [0.1, 0.15) is 11.6 Å². The number of para-hydroxylation sites is 1. The molecule has 4 nitrogen and oxygen atoms in total. The first kappa shape index (κ1) is 35.7. The number of phenolic OH excluding ortho intramolecular Hbond substituents is 1. The number of aryl methyl sites for hydroxylation is 1. The van der Waals surface area contributed by atoms with Crippen molar-refractivity contribution in [1.82, 2.24) is 14.5 Å². The van der Waals surface area contributed by atoms with Crippen LogP contribution in [0.2, 0.25) is 0 Å². The van der Waals surface area contributed by atoms with Crippen molar-refractivity contribution in [2.45, 2.75) is 92.4 Å². The van der Waals surface area contributed by atoms with E-state index < -0.39 is 0 Å². The third kappa shape index (κ3) is 7.91. The topological polar surface area (TPSA) is 50.9 Å². The molecule has 6 aromatic carbocycles. The first-order valence-electron chi connectivity index (χ1n) is 22.8. The van der Waals surface area contributed by atoms with Gasteiger partial charge in [0.15, 0.2) is 0 Å². The molecule has 0 aliphatic heterocycles. The van der Waals surface area contributed by atoms with Gasteiger partial charge in [-0.3, -0.25) is 9.55 Å². The Morgan fingerprint density at radius 1 is 0.533 bits per heavy atom. The minimum absolute atomic E-state index is 0.0479. The van der Waals surface area contributed by atoms with Crippen molar-refractivity contribution in [1.29, 1.82) is 0 Å². The number of pyridine rings is 1. The Kier molecular flexibility index (Phi) is 8.97. The number of imidazole rings is 1. The molecule has 0 spiro atoms. The van der Waals surface area contributed by atoms with E-state index in [0.717, 1.165) is 66.8 Å². The molecule has 302 valence electrons. The van der Waals surface area contributed by atoms with E-state index in [0.29, 0.717) is 28.2 Å². The summed E-state index contributed by atoms with van der Waals surface area (Å²) in [5.41, 5.74) is 13.3. The van der Waals surface area contributed by atoms with Gasteiger partial charge in [-0.1, -0.05) is 153 Å². The van der Waals surface area contributed by atoms with E-state index in [2.05, 4.69) is 165 Å². The molecule has 2 aromatic heterocycles. The number of aromatic nitrogens is 3. The molecule has 4 heteroatoms. The van der Waals surface area contributed by atoms with Gasteiger partial charge in [0, 0.05) is 28.6 Å². The van der Waals surface area contributed by atoms with E-state index in [9.17, 15) is 5.11 Å². The van der Waals surface area contributed by atoms with Gasteiger partial charge in [0.25, 0.3) is 0 Å². The lowest BCUT2D eigenvalue weighted by Gasteiger charge is -2.27. The summed E-state index contributed by atoms with van der Waals surface area (Å²) in [4.78, 5) is 10.4. The van der Waals surface area contributed by atoms with Crippen LogP contribution in [0.4, 0.5) is 0 Å². The third-order valence-corrected chi connectivity index (χ3v) is 11.3. The molecule has 0 bridgehead atoms. The fraction of sp³-hybridized carbons (Fsp3) is 0.250. The third-order valence-electron chi connectivity index (χ3n) is 11.3. The van der Waals surface area contributed by atoms with Gasteiger partial charge in [0.2, 0.25) is 0 Å². The van der Waals surface area contributed by atoms with Gasteiger partial charge in [-0.25, -0.2) is 4.98 Å². The maximum atomic E-state index is 12.4. The Bertz CT molecular complexity index is 3100. The number of hydrogen-bond donors (Lipinski definition) is 1. The summed E-state index contributed by atoms with van der Waals surface area (Å²) in [7, 11) is 0. The van der Waals surface area contributed by atoms with Crippen LogP contribution in [0, 0.1) is 13.8 Å². The number of hydrogen-bond acceptors (Lipinski definition) is 3. The van der Waals surface area contributed by atoms with E-state index in [1.54, 1.807) is 19.2 Å². The molecule has 8 aromatic rings. The van der Waals surface area contributed by atoms with Crippen LogP contribution in [-0.4, -0.2) is 19.6 Å². The predicted molar refractivity (Wildman–Crippen MR) is 253 cm³/mol. The molecule has 0 saturated carbocycles. The molecular weight excluding hydrogens is 731 g/mol. The number of nitrogens with zero attached hydrogens (tertiary/aromatic N) is 3. The van der Waals surface area contributed by atoms with Crippen LogP contribution in [0.3, 0.4) is 0 Å². The van der Waals surface area contributed by atoms with Crippen molar-refractivity contribution in [2.75, 3.05) is 0 Å². The average Bonchev–Trinajstić information content (AvgIpc) is 3.64. The monoisotopic (exact) mass is 791 g/mol. The molecular formula is C56H57N3O. The average molecular weight is 792 g/mol. The highest BCUT2D eigenvalue weighted by molar-refractivity contribution is 5.97. The largest absolute Gasteiger partial charge is 0.507 e. The zero-order chi connectivity index (χ0) is 46.2. The summed E-state index contributed by atoms with van der Waals surface area (Å²) in [5, 5.41) is 12.4. The number of fused-ring (bicyclic) bond motifs is 1. The zero-order valence-corrected chi connectivity index (χ0v) is 36.8. The van der Waals surface area contributed by atoms with Crippen molar-refractivity contribution in [3.05, 3.63) is 167 Å². The molecule has 0 amide bonds. The molecule has 8 rings (SSSR count). The molecule has 0 radical (unpaired) electrons. The number of phenols is 1. The SMILES string of the molecule is [2H]c1c([2H])c(-c2ccnc(-c3cc(-c4cccc5c4nc(-c4cc(C(C)(C)C)cc(C(C)(C)C)c4O)n5-c4cc(C)cc(-c5ccccc5)c4)cc(C(C)(C)C)c3)c2)c([2H])c([2H])c1C.